The minimum atomic E-state index is -0.952. The maximum Gasteiger partial charge on any atom is 0.337 e. The van der Waals surface area contributed by atoms with Crippen LogP contribution in [0.25, 0.3) is 0 Å². The molecule has 100 valence electrons. The summed E-state index contributed by atoms with van der Waals surface area (Å²) in [6.45, 7) is 7.90. The lowest BCUT2D eigenvalue weighted by Gasteiger charge is -2.09. The number of carbonyl (C=O) groups is 1. The molecule has 1 heterocycles. The summed E-state index contributed by atoms with van der Waals surface area (Å²) >= 11 is 0. The van der Waals surface area contributed by atoms with Gasteiger partial charge < -0.3 is 15.2 Å². The van der Waals surface area contributed by atoms with E-state index in [4.69, 9.17) is 9.84 Å². The van der Waals surface area contributed by atoms with E-state index in [-0.39, 0.29) is 5.56 Å². The first-order valence-electron chi connectivity index (χ1n) is 6.03. The molecule has 0 saturated carbocycles. The zero-order valence-electron chi connectivity index (χ0n) is 11.1. The summed E-state index contributed by atoms with van der Waals surface area (Å²) in [4.78, 5) is 15.0. The SMILES string of the molecule is Cc1nc(NCCOCC(C)C)ccc1C(=O)O. The molecule has 1 aromatic rings. The van der Waals surface area contributed by atoms with Gasteiger partial charge in [0.25, 0.3) is 0 Å². The molecular formula is C13H20N2O3. The topological polar surface area (TPSA) is 71.5 Å². The zero-order valence-corrected chi connectivity index (χ0v) is 11.1. The molecule has 0 atom stereocenters. The standard InChI is InChI=1S/C13H20N2O3/c1-9(2)8-18-7-6-14-12-5-4-11(13(16)17)10(3)15-12/h4-5,9H,6-8H2,1-3H3,(H,14,15)(H,16,17). The van der Waals surface area contributed by atoms with Gasteiger partial charge in [-0.2, -0.15) is 0 Å². The lowest BCUT2D eigenvalue weighted by atomic mass is 10.2. The van der Waals surface area contributed by atoms with Crippen molar-refractivity contribution in [2.75, 3.05) is 25.1 Å². The van der Waals surface area contributed by atoms with E-state index in [9.17, 15) is 4.79 Å². The zero-order chi connectivity index (χ0) is 13.5. The van der Waals surface area contributed by atoms with Crippen LogP contribution in [0.4, 0.5) is 5.82 Å². The highest BCUT2D eigenvalue weighted by Gasteiger charge is 2.08. The highest BCUT2D eigenvalue weighted by atomic mass is 16.5. The van der Waals surface area contributed by atoms with Crippen molar-refractivity contribution in [1.29, 1.82) is 0 Å². The number of carboxylic acid groups (broad SMARTS) is 1. The molecule has 0 amide bonds. The Kier molecular flexibility index (Phi) is 5.58. The first-order chi connectivity index (χ1) is 8.50. The monoisotopic (exact) mass is 252 g/mol. The Bertz CT molecular complexity index is 405. The fourth-order valence-electron chi connectivity index (χ4n) is 1.46. The molecule has 0 aliphatic carbocycles. The van der Waals surface area contributed by atoms with Gasteiger partial charge in [-0.05, 0) is 25.0 Å². The van der Waals surface area contributed by atoms with Crippen LogP contribution in [0, 0.1) is 12.8 Å². The van der Waals surface area contributed by atoms with Crippen LogP contribution < -0.4 is 5.32 Å². The van der Waals surface area contributed by atoms with Crippen molar-refractivity contribution >= 4 is 11.8 Å². The van der Waals surface area contributed by atoms with E-state index in [1.54, 1.807) is 19.1 Å². The Labute approximate surface area is 107 Å². The molecule has 1 rings (SSSR count). The second kappa shape index (κ2) is 6.96. The summed E-state index contributed by atoms with van der Waals surface area (Å²) in [5.41, 5.74) is 0.743. The summed E-state index contributed by atoms with van der Waals surface area (Å²) in [6, 6.07) is 3.22. The third-order valence-corrected chi connectivity index (χ3v) is 2.32. The quantitative estimate of drug-likeness (QED) is 0.728. The highest BCUT2D eigenvalue weighted by molar-refractivity contribution is 5.89. The first-order valence-corrected chi connectivity index (χ1v) is 6.03. The fourth-order valence-corrected chi connectivity index (χ4v) is 1.46. The van der Waals surface area contributed by atoms with Crippen molar-refractivity contribution in [2.24, 2.45) is 5.92 Å². The average molecular weight is 252 g/mol. The molecule has 0 unspecified atom stereocenters. The van der Waals surface area contributed by atoms with Gasteiger partial charge in [-0.3, -0.25) is 0 Å². The number of hydrogen-bond acceptors (Lipinski definition) is 4. The van der Waals surface area contributed by atoms with E-state index in [0.29, 0.717) is 30.6 Å². The van der Waals surface area contributed by atoms with Crippen LogP contribution in [0.2, 0.25) is 0 Å². The highest BCUT2D eigenvalue weighted by Crippen LogP contribution is 2.10. The molecule has 0 saturated heterocycles. The number of carboxylic acids is 1. The van der Waals surface area contributed by atoms with E-state index < -0.39 is 5.97 Å². The van der Waals surface area contributed by atoms with Crippen LogP contribution in [-0.2, 0) is 4.74 Å². The van der Waals surface area contributed by atoms with Crippen LogP contribution in [0.15, 0.2) is 12.1 Å². The Balaban J connectivity index is 2.39. The van der Waals surface area contributed by atoms with Crippen molar-refractivity contribution in [1.82, 2.24) is 4.98 Å². The second-order valence-electron chi connectivity index (χ2n) is 4.53. The molecule has 0 radical (unpaired) electrons. The molecule has 2 N–H and O–H groups in total. The fraction of sp³-hybridized carbons (Fsp3) is 0.538. The number of anilines is 1. The number of aromatic carboxylic acids is 1. The van der Waals surface area contributed by atoms with Gasteiger partial charge in [-0.25, -0.2) is 9.78 Å². The summed E-state index contributed by atoms with van der Waals surface area (Å²) < 4.78 is 5.42. The third kappa shape index (κ3) is 4.71. The van der Waals surface area contributed by atoms with Crippen LogP contribution in [0.5, 0.6) is 0 Å². The predicted octanol–water partition coefficient (Wildman–Crippen LogP) is 2.17. The number of nitrogens with one attached hydrogen (secondary N) is 1. The number of aryl methyl sites for hydroxylation is 1. The van der Waals surface area contributed by atoms with Gasteiger partial charge in [-0.15, -0.1) is 0 Å². The van der Waals surface area contributed by atoms with E-state index in [1.807, 2.05) is 0 Å². The summed E-state index contributed by atoms with van der Waals surface area (Å²) in [5.74, 6) is 0.248. The lowest BCUT2D eigenvalue weighted by Crippen LogP contribution is -2.13. The molecule has 5 heteroatoms. The Morgan fingerprint density at radius 2 is 2.22 bits per heavy atom. The number of aromatic nitrogens is 1. The number of nitrogens with zero attached hydrogens (tertiary/aromatic N) is 1. The van der Waals surface area contributed by atoms with E-state index in [2.05, 4.69) is 24.1 Å². The van der Waals surface area contributed by atoms with Gasteiger partial charge in [-0.1, -0.05) is 13.8 Å². The summed E-state index contributed by atoms with van der Waals surface area (Å²) in [5, 5.41) is 12.0. The van der Waals surface area contributed by atoms with Gasteiger partial charge >= 0.3 is 5.97 Å². The molecule has 5 nitrogen and oxygen atoms in total. The van der Waals surface area contributed by atoms with Crippen molar-refractivity contribution in [3.8, 4) is 0 Å². The van der Waals surface area contributed by atoms with Gasteiger partial charge in [0, 0.05) is 13.2 Å². The predicted molar refractivity (Wildman–Crippen MR) is 70.1 cm³/mol. The third-order valence-electron chi connectivity index (χ3n) is 2.32. The normalized spacial score (nSPS) is 10.7. The maximum atomic E-state index is 10.8. The van der Waals surface area contributed by atoms with Crippen molar-refractivity contribution in [2.45, 2.75) is 20.8 Å². The first kappa shape index (κ1) is 14.4. The van der Waals surface area contributed by atoms with Crippen LogP contribution in [0.1, 0.15) is 29.9 Å². The van der Waals surface area contributed by atoms with Crippen LogP contribution >= 0.6 is 0 Å². The van der Waals surface area contributed by atoms with Gasteiger partial charge in [0.15, 0.2) is 0 Å². The molecule has 0 aliphatic rings. The van der Waals surface area contributed by atoms with E-state index in [1.165, 1.54) is 0 Å². The minimum Gasteiger partial charge on any atom is -0.478 e. The maximum absolute atomic E-state index is 10.8. The second-order valence-corrected chi connectivity index (χ2v) is 4.53. The molecule has 18 heavy (non-hydrogen) atoms. The molecular weight excluding hydrogens is 232 g/mol. The summed E-state index contributed by atoms with van der Waals surface area (Å²) in [6.07, 6.45) is 0. The van der Waals surface area contributed by atoms with Gasteiger partial charge in [0.1, 0.15) is 5.82 Å². The van der Waals surface area contributed by atoms with Gasteiger partial charge in [0.05, 0.1) is 17.9 Å². The largest absolute Gasteiger partial charge is 0.478 e. The number of rotatable bonds is 7. The molecule has 0 aliphatic heterocycles. The Hall–Kier alpha value is -1.62. The number of hydrogen-bond donors (Lipinski definition) is 2. The average Bonchev–Trinajstić information content (AvgIpc) is 2.27. The minimum absolute atomic E-state index is 0.233. The molecule has 0 fully saturated rings. The van der Waals surface area contributed by atoms with E-state index in [0.717, 1.165) is 6.61 Å². The molecule has 0 spiro atoms. The number of ether oxygens (including phenoxy) is 1. The Morgan fingerprint density at radius 1 is 1.50 bits per heavy atom. The molecule has 0 aromatic carbocycles. The lowest BCUT2D eigenvalue weighted by molar-refractivity contribution is 0.0695. The number of pyridine rings is 1. The molecule has 1 aromatic heterocycles. The van der Waals surface area contributed by atoms with Crippen LogP contribution in [0.3, 0.4) is 0 Å². The van der Waals surface area contributed by atoms with Crippen molar-refractivity contribution < 1.29 is 14.6 Å². The Morgan fingerprint density at radius 3 is 2.78 bits per heavy atom. The van der Waals surface area contributed by atoms with Crippen LogP contribution in [-0.4, -0.2) is 35.8 Å². The van der Waals surface area contributed by atoms with Crippen molar-refractivity contribution in [3.63, 3.8) is 0 Å². The molecule has 0 bridgehead atoms. The van der Waals surface area contributed by atoms with Gasteiger partial charge in [0.2, 0.25) is 0 Å². The van der Waals surface area contributed by atoms with Crippen molar-refractivity contribution in [3.05, 3.63) is 23.4 Å². The summed E-state index contributed by atoms with van der Waals surface area (Å²) in [7, 11) is 0. The smallest absolute Gasteiger partial charge is 0.337 e. The van der Waals surface area contributed by atoms with E-state index >= 15 is 0 Å².